The number of benzene rings is 2. The highest BCUT2D eigenvalue weighted by atomic mass is 32.1. The van der Waals surface area contributed by atoms with Crippen LogP contribution in [-0.4, -0.2) is 58.3 Å². The number of carbonyl (C=O) groups excluding carboxylic acids is 2. The summed E-state index contributed by atoms with van der Waals surface area (Å²) < 4.78 is 0. The number of nitrogens with zero attached hydrogens (tertiary/aromatic N) is 4. The van der Waals surface area contributed by atoms with E-state index in [9.17, 15) is 9.59 Å². The van der Waals surface area contributed by atoms with Crippen molar-refractivity contribution in [3.8, 4) is 32.0 Å². The van der Waals surface area contributed by atoms with Gasteiger partial charge in [0.15, 0.2) is 0 Å². The van der Waals surface area contributed by atoms with Crippen LogP contribution < -0.4 is 5.32 Å². The van der Waals surface area contributed by atoms with Gasteiger partial charge in [0, 0.05) is 18.9 Å². The van der Waals surface area contributed by atoms with E-state index in [0.717, 1.165) is 64.8 Å². The minimum Gasteiger partial charge on any atom is -0.347 e. The summed E-state index contributed by atoms with van der Waals surface area (Å²) in [7, 11) is 2.14. The lowest BCUT2D eigenvalue weighted by Crippen LogP contribution is -2.46. The summed E-state index contributed by atoms with van der Waals surface area (Å²) in [5, 5.41) is 4.76. The van der Waals surface area contributed by atoms with Gasteiger partial charge in [0.1, 0.15) is 16.1 Å². The van der Waals surface area contributed by atoms with Crippen LogP contribution in [0, 0.1) is 0 Å². The Bertz CT molecular complexity index is 1430. The highest BCUT2D eigenvalue weighted by Gasteiger charge is 2.24. The van der Waals surface area contributed by atoms with E-state index in [1.54, 1.807) is 22.7 Å². The van der Waals surface area contributed by atoms with Crippen LogP contribution in [0.3, 0.4) is 0 Å². The molecule has 2 aromatic carbocycles. The Morgan fingerprint density at radius 1 is 0.791 bits per heavy atom. The lowest BCUT2D eigenvalue weighted by molar-refractivity contribution is -0.135. The molecule has 0 aliphatic heterocycles. The first kappa shape index (κ1) is 32.5. The number of hydrogen-bond donors (Lipinski definition) is 1. The summed E-state index contributed by atoms with van der Waals surface area (Å²) in [6.45, 7) is 9.37. The maximum absolute atomic E-state index is 13.2. The maximum Gasteiger partial charge on any atom is 0.245 e. The van der Waals surface area contributed by atoms with E-state index in [2.05, 4.69) is 96.5 Å². The highest BCUT2D eigenvalue weighted by molar-refractivity contribution is 7.15. The first-order valence-electron chi connectivity index (χ1n) is 15.2. The van der Waals surface area contributed by atoms with Gasteiger partial charge in [-0.3, -0.25) is 14.5 Å². The van der Waals surface area contributed by atoms with Gasteiger partial charge in [-0.25, -0.2) is 9.97 Å². The summed E-state index contributed by atoms with van der Waals surface area (Å²) in [5.74, 6) is -0.0371. The largest absolute Gasteiger partial charge is 0.347 e. The third-order valence-corrected chi connectivity index (χ3v) is 9.40. The number of rotatable bonds is 17. The van der Waals surface area contributed by atoms with Crippen molar-refractivity contribution in [2.24, 2.45) is 0 Å². The van der Waals surface area contributed by atoms with Crippen molar-refractivity contribution in [1.82, 2.24) is 25.1 Å². The standard InChI is InChI=1S/C34H43N5O2S2/c1-5-8-9-29(37-24-40)34(41)39(19-7-3)23-33-36-21-31(43-33)28-16-12-26(13-17-28)25-10-14-27(15-11-25)30-20-35-32(42-30)22-38(4)18-6-2/h10-17,20-21,24,29H,5-9,18-19,22-23H2,1-4H3,(H,37,40)/t29-/m0/s1. The predicted octanol–water partition coefficient (Wildman–Crippen LogP) is 7.49. The third-order valence-electron chi connectivity index (χ3n) is 7.33. The van der Waals surface area contributed by atoms with Gasteiger partial charge in [0.05, 0.1) is 22.8 Å². The van der Waals surface area contributed by atoms with Crippen LogP contribution in [0.5, 0.6) is 0 Å². The SMILES string of the molecule is CCCC[C@H](NC=O)C(=O)N(CCC)Cc1ncc(-c2ccc(-c3ccc(-c4cnc(CN(C)CCC)s4)cc3)cc2)s1. The molecule has 2 amide bonds. The zero-order valence-corrected chi connectivity index (χ0v) is 27.3. The second-order valence-corrected chi connectivity index (χ2v) is 13.1. The molecule has 228 valence electrons. The lowest BCUT2D eigenvalue weighted by Gasteiger charge is -2.26. The second kappa shape index (κ2) is 16.4. The van der Waals surface area contributed by atoms with Crippen LogP contribution in [0.15, 0.2) is 60.9 Å². The molecule has 9 heteroatoms. The van der Waals surface area contributed by atoms with E-state index in [1.807, 2.05) is 17.3 Å². The average Bonchev–Trinajstić information content (AvgIpc) is 3.69. The second-order valence-electron chi connectivity index (χ2n) is 10.9. The number of nitrogens with one attached hydrogen (secondary N) is 1. The number of carbonyl (C=O) groups is 2. The number of unbranched alkanes of at least 4 members (excludes halogenated alkanes) is 1. The molecule has 0 unspecified atom stereocenters. The molecule has 4 aromatic rings. The topological polar surface area (TPSA) is 78.4 Å². The molecular formula is C34H43N5O2S2. The summed E-state index contributed by atoms with van der Waals surface area (Å²) in [6, 6.07) is 16.8. The molecule has 0 radical (unpaired) electrons. The molecule has 1 atom stereocenters. The van der Waals surface area contributed by atoms with Gasteiger partial charge >= 0.3 is 0 Å². The fourth-order valence-corrected chi connectivity index (χ4v) is 7.01. The van der Waals surface area contributed by atoms with Crippen LogP contribution in [0.1, 0.15) is 62.9 Å². The summed E-state index contributed by atoms with van der Waals surface area (Å²) >= 11 is 3.37. The Balaban J connectivity index is 1.40. The monoisotopic (exact) mass is 617 g/mol. The van der Waals surface area contributed by atoms with E-state index in [-0.39, 0.29) is 5.91 Å². The minimum absolute atomic E-state index is 0.0371. The highest BCUT2D eigenvalue weighted by Crippen LogP contribution is 2.32. The number of hydrogen-bond acceptors (Lipinski definition) is 7. The Kier molecular flexibility index (Phi) is 12.4. The van der Waals surface area contributed by atoms with Gasteiger partial charge in [-0.15, -0.1) is 22.7 Å². The Morgan fingerprint density at radius 2 is 1.30 bits per heavy atom. The molecule has 0 fully saturated rings. The fourth-order valence-electron chi connectivity index (χ4n) is 5.07. The molecule has 1 N–H and O–H groups in total. The first-order valence-corrected chi connectivity index (χ1v) is 16.9. The Hall–Kier alpha value is -3.40. The van der Waals surface area contributed by atoms with Gasteiger partial charge in [-0.1, -0.05) is 82.1 Å². The molecule has 0 saturated heterocycles. The van der Waals surface area contributed by atoms with Crippen molar-refractivity contribution in [3.05, 3.63) is 70.9 Å². The van der Waals surface area contributed by atoms with Crippen LogP contribution in [-0.2, 0) is 22.7 Å². The summed E-state index contributed by atoms with van der Waals surface area (Å²) in [4.78, 5) is 40.0. The van der Waals surface area contributed by atoms with Gasteiger partial charge in [-0.05, 0) is 55.1 Å². The van der Waals surface area contributed by atoms with Crippen LogP contribution in [0.2, 0.25) is 0 Å². The number of aromatic nitrogens is 2. The zero-order valence-electron chi connectivity index (χ0n) is 25.7. The van der Waals surface area contributed by atoms with Crippen molar-refractivity contribution >= 4 is 35.0 Å². The zero-order chi connectivity index (χ0) is 30.6. The molecule has 0 spiro atoms. The molecule has 0 aliphatic carbocycles. The Labute approximate surface area is 264 Å². The van der Waals surface area contributed by atoms with Crippen LogP contribution in [0.4, 0.5) is 0 Å². The van der Waals surface area contributed by atoms with Crippen molar-refractivity contribution in [2.45, 2.75) is 72.0 Å². The van der Waals surface area contributed by atoms with Gasteiger partial charge in [0.2, 0.25) is 12.3 Å². The molecule has 0 bridgehead atoms. The van der Waals surface area contributed by atoms with Crippen LogP contribution in [0.25, 0.3) is 32.0 Å². The molecular weight excluding hydrogens is 575 g/mol. The lowest BCUT2D eigenvalue weighted by atomic mass is 10.0. The van der Waals surface area contributed by atoms with E-state index in [4.69, 9.17) is 0 Å². The van der Waals surface area contributed by atoms with Crippen molar-refractivity contribution < 1.29 is 9.59 Å². The first-order chi connectivity index (χ1) is 20.9. The molecule has 2 aromatic heterocycles. The van der Waals surface area contributed by atoms with Gasteiger partial charge in [0.25, 0.3) is 0 Å². The molecule has 7 nitrogen and oxygen atoms in total. The van der Waals surface area contributed by atoms with E-state index in [1.165, 1.54) is 16.0 Å². The summed E-state index contributed by atoms with van der Waals surface area (Å²) in [5.41, 5.74) is 4.62. The van der Waals surface area contributed by atoms with Crippen molar-refractivity contribution in [3.63, 3.8) is 0 Å². The van der Waals surface area contributed by atoms with Gasteiger partial charge in [-0.2, -0.15) is 0 Å². The van der Waals surface area contributed by atoms with E-state index >= 15 is 0 Å². The maximum atomic E-state index is 13.2. The average molecular weight is 618 g/mol. The Morgan fingerprint density at radius 3 is 1.79 bits per heavy atom. The number of amides is 2. The van der Waals surface area contributed by atoms with Gasteiger partial charge < -0.3 is 10.2 Å². The predicted molar refractivity (Wildman–Crippen MR) is 179 cm³/mol. The number of thiazole rings is 2. The quantitative estimate of drug-likeness (QED) is 0.124. The fraction of sp³-hybridized carbons (Fsp3) is 0.412. The minimum atomic E-state index is -0.484. The molecule has 2 heterocycles. The molecule has 4 rings (SSSR count). The summed E-state index contributed by atoms with van der Waals surface area (Å²) in [6.07, 6.45) is 9.01. The van der Waals surface area contributed by atoms with E-state index < -0.39 is 6.04 Å². The van der Waals surface area contributed by atoms with Crippen LogP contribution >= 0.6 is 22.7 Å². The molecule has 0 aliphatic rings. The molecule has 0 saturated carbocycles. The third kappa shape index (κ3) is 9.05. The smallest absolute Gasteiger partial charge is 0.245 e. The van der Waals surface area contributed by atoms with Crippen molar-refractivity contribution in [1.29, 1.82) is 0 Å². The normalized spacial score (nSPS) is 11.9. The molecule has 43 heavy (non-hydrogen) atoms. The van der Waals surface area contributed by atoms with E-state index in [0.29, 0.717) is 25.9 Å². The van der Waals surface area contributed by atoms with Crippen molar-refractivity contribution in [2.75, 3.05) is 20.1 Å².